The Morgan fingerprint density at radius 3 is 2.52 bits per heavy atom. The lowest BCUT2D eigenvalue weighted by Crippen LogP contribution is -2.32. The van der Waals surface area contributed by atoms with Crippen LogP contribution in [0.1, 0.15) is 45.7 Å². The van der Waals surface area contributed by atoms with E-state index in [-0.39, 0.29) is 16.6 Å². The number of sulfonamides is 1. The Morgan fingerprint density at radius 1 is 1.22 bits per heavy atom. The second-order valence-corrected chi connectivity index (χ2v) is 9.79. The fourth-order valence-electron chi connectivity index (χ4n) is 2.74. The van der Waals surface area contributed by atoms with Gasteiger partial charge in [0.2, 0.25) is 15.9 Å². The zero-order valence-electron chi connectivity index (χ0n) is 14.0. The quantitative estimate of drug-likeness (QED) is 0.820. The summed E-state index contributed by atoms with van der Waals surface area (Å²) in [5, 5.41) is 8.18. The third-order valence-corrected chi connectivity index (χ3v) is 6.79. The van der Waals surface area contributed by atoms with Gasteiger partial charge in [0.15, 0.2) is 0 Å². The number of ether oxygens (including phenoxy) is 1. The number of hydrogen-bond donors (Lipinski definition) is 0. The number of rotatable bonds is 5. The molecule has 1 aliphatic carbocycles. The Labute approximate surface area is 138 Å². The molecule has 2 aliphatic rings. The lowest BCUT2D eigenvalue weighted by atomic mass is 9.92. The van der Waals surface area contributed by atoms with Crippen molar-refractivity contribution in [2.75, 3.05) is 19.7 Å². The molecule has 3 rings (SSSR count). The highest BCUT2D eigenvalue weighted by atomic mass is 32.2. The van der Waals surface area contributed by atoms with E-state index in [0.717, 1.165) is 25.0 Å². The summed E-state index contributed by atoms with van der Waals surface area (Å²) in [5.74, 6) is 0.731. The van der Waals surface area contributed by atoms with Crippen molar-refractivity contribution in [3.8, 4) is 5.88 Å². The fourth-order valence-corrected chi connectivity index (χ4v) is 4.67. The van der Waals surface area contributed by atoms with Gasteiger partial charge in [-0.3, -0.25) is 0 Å². The maximum atomic E-state index is 12.2. The summed E-state index contributed by atoms with van der Waals surface area (Å²) < 4.78 is 31.7. The molecule has 1 unspecified atom stereocenters. The summed E-state index contributed by atoms with van der Waals surface area (Å²) in [6.45, 7) is 7.93. The van der Waals surface area contributed by atoms with E-state index < -0.39 is 10.0 Å². The van der Waals surface area contributed by atoms with Crippen LogP contribution in [0.25, 0.3) is 0 Å². The van der Waals surface area contributed by atoms with Crippen molar-refractivity contribution in [2.45, 2.75) is 50.7 Å². The van der Waals surface area contributed by atoms with Crippen molar-refractivity contribution in [3.05, 3.63) is 17.8 Å². The van der Waals surface area contributed by atoms with Crippen LogP contribution in [0.2, 0.25) is 0 Å². The topological polar surface area (TPSA) is 72.4 Å². The minimum atomic E-state index is -3.05. The summed E-state index contributed by atoms with van der Waals surface area (Å²) in [4.78, 5) is 0. The van der Waals surface area contributed by atoms with Crippen molar-refractivity contribution >= 4 is 10.0 Å². The van der Waals surface area contributed by atoms with Gasteiger partial charge in [-0.2, -0.15) is 5.10 Å². The van der Waals surface area contributed by atoms with Gasteiger partial charge in [0.1, 0.15) is 0 Å². The third kappa shape index (κ3) is 3.83. The van der Waals surface area contributed by atoms with E-state index in [1.165, 1.54) is 0 Å². The highest BCUT2D eigenvalue weighted by Crippen LogP contribution is 2.33. The molecule has 0 N–H and O–H groups in total. The highest BCUT2D eigenvalue weighted by Gasteiger charge is 2.42. The number of nitrogens with zero attached hydrogens (tertiary/aromatic N) is 3. The SMILES string of the molecule is CC(C)(C)c1ccc(OCC2CCN(S(=O)(=O)C3CC3)C2)nn1. The molecule has 0 spiro atoms. The van der Waals surface area contributed by atoms with Gasteiger partial charge in [0, 0.05) is 30.5 Å². The average molecular weight is 339 g/mol. The monoisotopic (exact) mass is 339 g/mol. The molecule has 0 amide bonds. The molecule has 23 heavy (non-hydrogen) atoms. The minimum absolute atomic E-state index is 0.0331. The van der Waals surface area contributed by atoms with Crippen molar-refractivity contribution in [3.63, 3.8) is 0 Å². The Balaban J connectivity index is 1.51. The van der Waals surface area contributed by atoms with Crippen LogP contribution in [0.4, 0.5) is 0 Å². The fraction of sp³-hybridized carbons (Fsp3) is 0.750. The standard InChI is InChI=1S/C16H25N3O3S/c1-16(2,3)14-6-7-15(18-17-14)22-11-12-8-9-19(10-12)23(20,21)13-4-5-13/h6-7,12-13H,4-5,8-11H2,1-3H3. The molecule has 1 atom stereocenters. The normalized spacial score (nSPS) is 23.2. The van der Waals surface area contributed by atoms with Crippen LogP contribution in [0.15, 0.2) is 12.1 Å². The van der Waals surface area contributed by atoms with Crippen LogP contribution in [0.3, 0.4) is 0 Å². The molecule has 1 saturated carbocycles. The van der Waals surface area contributed by atoms with Gasteiger partial charge >= 0.3 is 0 Å². The van der Waals surface area contributed by atoms with E-state index in [1.807, 2.05) is 12.1 Å². The molecule has 2 heterocycles. The first-order chi connectivity index (χ1) is 10.8. The lowest BCUT2D eigenvalue weighted by molar-refractivity contribution is 0.243. The van der Waals surface area contributed by atoms with Crippen LogP contribution >= 0.6 is 0 Å². The maximum Gasteiger partial charge on any atom is 0.233 e. The molecular weight excluding hydrogens is 314 g/mol. The zero-order chi connectivity index (χ0) is 16.7. The predicted molar refractivity (Wildman–Crippen MR) is 87.8 cm³/mol. The van der Waals surface area contributed by atoms with Crippen LogP contribution in [-0.2, 0) is 15.4 Å². The average Bonchev–Trinajstić information content (AvgIpc) is 3.24. The summed E-state index contributed by atoms with van der Waals surface area (Å²) in [5.41, 5.74) is 0.890. The summed E-state index contributed by atoms with van der Waals surface area (Å²) in [6.07, 6.45) is 2.48. The first kappa shape index (κ1) is 16.6. The Kier molecular flexibility index (Phi) is 4.35. The summed E-state index contributed by atoms with van der Waals surface area (Å²) in [7, 11) is -3.05. The first-order valence-corrected chi connectivity index (χ1v) is 9.73. The molecule has 1 saturated heterocycles. The molecule has 2 fully saturated rings. The van der Waals surface area contributed by atoms with Gasteiger partial charge in [-0.05, 0) is 25.3 Å². The second kappa shape index (κ2) is 6.02. The van der Waals surface area contributed by atoms with Gasteiger partial charge in [-0.15, -0.1) is 5.10 Å². The molecule has 128 valence electrons. The molecule has 0 bridgehead atoms. The first-order valence-electron chi connectivity index (χ1n) is 8.23. The molecular formula is C16H25N3O3S. The second-order valence-electron chi connectivity index (χ2n) is 7.57. The summed E-state index contributed by atoms with van der Waals surface area (Å²) in [6, 6.07) is 3.77. The van der Waals surface area contributed by atoms with E-state index >= 15 is 0 Å². The number of hydrogen-bond acceptors (Lipinski definition) is 5. The Bertz CT molecular complexity index is 648. The van der Waals surface area contributed by atoms with Crippen molar-refractivity contribution in [1.82, 2.24) is 14.5 Å². The van der Waals surface area contributed by atoms with E-state index in [2.05, 4.69) is 31.0 Å². The Morgan fingerprint density at radius 2 is 1.96 bits per heavy atom. The molecule has 1 aromatic heterocycles. The molecule has 1 aliphatic heterocycles. The largest absolute Gasteiger partial charge is 0.476 e. The van der Waals surface area contributed by atoms with Crippen LogP contribution < -0.4 is 4.74 Å². The van der Waals surface area contributed by atoms with Gasteiger partial charge < -0.3 is 4.74 Å². The zero-order valence-corrected chi connectivity index (χ0v) is 14.8. The molecule has 1 aromatic rings. The molecule has 7 heteroatoms. The van der Waals surface area contributed by atoms with Crippen LogP contribution in [-0.4, -0.2) is 47.9 Å². The van der Waals surface area contributed by atoms with Crippen LogP contribution in [0, 0.1) is 5.92 Å². The maximum absolute atomic E-state index is 12.2. The Hall–Kier alpha value is -1.21. The third-order valence-electron chi connectivity index (χ3n) is 4.43. The molecule has 0 aromatic carbocycles. The van der Waals surface area contributed by atoms with Gasteiger partial charge in [0.25, 0.3) is 0 Å². The predicted octanol–water partition coefficient (Wildman–Crippen LogP) is 1.97. The van der Waals surface area contributed by atoms with Crippen LogP contribution in [0.5, 0.6) is 5.88 Å². The minimum Gasteiger partial charge on any atom is -0.476 e. The van der Waals surface area contributed by atoms with Crippen molar-refractivity contribution in [2.24, 2.45) is 5.92 Å². The highest BCUT2D eigenvalue weighted by molar-refractivity contribution is 7.90. The van der Waals surface area contributed by atoms with Gasteiger partial charge in [-0.25, -0.2) is 12.7 Å². The van der Waals surface area contributed by atoms with Crippen molar-refractivity contribution < 1.29 is 13.2 Å². The molecule has 0 radical (unpaired) electrons. The van der Waals surface area contributed by atoms with E-state index in [9.17, 15) is 8.42 Å². The van der Waals surface area contributed by atoms with Gasteiger partial charge in [0.05, 0.1) is 17.6 Å². The van der Waals surface area contributed by atoms with Crippen molar-refractivity contribution in [1.29, 1.82) is 0 Å². The number of aromatic nitrogens is 2. The van der Waals surface area contributed by atoms with E-state index in [1.54, 1.807) is 4.31 Å². The van der Waals surface area contributed by atoms with E-state index in [0.29, 0.717) is 25.6 Å². The molecule has 6 nitrogen and oxygen atoms in total. The smallest absolute Gasteiger partial charge is 0.233 e. The summed E-state index contributed by atoms with van der Waals surface area (Å²) >= 11 is 0. The van der Waals surface area contributed by atoms with Gasteiger partial charge in [-0.1, -0.05) is 20.8 Å². The van der Waals surface area contributed by atoms with E-state index in [4.69, 9.17) is 4.74 Å². The lowest BCUT2D eigenvalue weighted by Gasteiger charge is -2.17.